The molecule has 0 unspecified atom stereocenters. The third kappa shape index (κ3) is 2.49. The zero-order chi connectivity index (χ0) is 14.0. The molecule has 0 aliphatic rings. The molecule has 2 aromatic rings. The van der Waals surface area contributed by atoms with Crippen LogP contribution in [0.1, 0.15) is 11.1 Å². The van der Waals surface area contributed by atoms with Gasteiger partial charge >= 0.3 is 0 Å². The van der Waals surface area contributed by atoms with E-state index in [1.165, 1.54) is 0 Å². The highest BCUT2D eigenvalue weighted by Gasteiger charge is 2.14. The highest BCUT2D eigenvalue weighted by molar-refractivity contribution is 6.30. The van der Waals surface area contributed by atoms with E-state index >= 15 is 0 Å². The Labute approximate surface area is 117 Å². The average molecular weight is 279 g/mol. The van der Waals surface area contributed by atoms with Gasteiger partial charge in [0.05, 0.1) is 19.9 Å². The van der Waals surface area contributed by atoms with Crippen LogP contribution in [0, 0.1) is 13.8 Å². The molecular formula is C14H15ClN2O2. The van der Waals surface area contributed by atoms with Crippen molar-refractivity contribution in [3.05, 3.63) is 34.5 Å². The fraction of sp³-hybridized carbons (Fsp3) is 0.286. The molecule has 0 bridgehead atoms. The average Bonchev–Trinajstić information content (AvgIpc) is 2.44. The van der Waals surface area contributed by atoms with Gasteiger partial charge in [-0.25, -0.2) is 0 Å². The van der Waals surface area contributed by atoms with Gasteiger partial charge in [-0.05, 0) is 37.1 Å². The van der Waals surface area contributed by atoms with Crippen molar-refractivity contribution in [2.45, 2.75) is 13.8 Å². The minimum absolute atomic E-state index is 0.425. The lowest BCUT2D eigenvalue weighted by Crippen LogP contribution is -1.99. The van der Waals surface area contributed by atoms with E-state index in [0.717, 1.165) is 28.1 Å². The molecule has 100 valence electrons. The van der Waals surface area contributed by atoms with Crippen LogP contribution in [0.2, 0.25) is 5.15 Å². The molecule has 0 spiro atoms. The normalized spacial score (nSPS) is 10.4. The molecule has 0 fully saturated rings. The Kier molecular flexibility index (Phi) is 3.90. The van der Waals surface area contributed by atoms with E-state index in [1.807, 2.05) is 32.0 Å². The molecule has 1 heterocycles. The van der Waals surface area contributed by atoms with Crippen LogP contribution < -0.4 is 9.47 Å². The number of halogens is 1. The molecule has 0 radical (unpaired) electrons. The third-order valence-corrected chi connectivity index (χ3v) is 3.49. The van der Waals surface area contributed by atoms with Gasteiger partial charge in [0, 0.05) is 11.6 Å². The topological polar surface area (TPSA) is 44.2 Å². The Bertz CT molecular complexity index is 615. The summed E-state index contributed by atoms with van der Waals surface area (Å²) in [5, 5.41) is 8.56. The molecule has 5 heteroatoms. The first-order valence-electron chi connectivity index (χ1n) is 5.80. The van der Waals surface area contributed by atoms with Gasteiger partial charge in [-0.3, -0.25) is 0 Å². The molecule has 0 amide bonds. The Morgan fingerprint density at radius 1 is 1.00 bits per heavy atom. The number of aromatic nitrogens is 2. The minimum atomic E-state index is 0.425. The summed E-state index contributed by atoms with van der Waals surface area (Å²) in [6, 6.07) is 5.59. The Morgan fingerprint density at radius 2 is 1.74 bits per heavy atom. The fourth-order valence-electron chi connectivity index (χ4n) is 1.83. The number of benzene rings is 1. The van der Waals surface area contributed by atoms with Gasteiger partial charge in [0.25, 0.3) is 0 Å². The Morgan fingerprint density at radius 3 is 2.37 bits per heavy atom. The standard InChI is InChI=1S/C14H15ClN2O2/c1-8-9(2)14(15)17-16-13(8)11-6-5-10(18-3)7-12(11)19-4/h5-7H,1-4H3. The highest BCUT2D eigenvalue weighted by Crippen LogP contribution is 2.35. The maximum absolute atomic E-state index is 5.97. The summed E-state index contributed by atoms with van der Waals surface area (Å²) in [5.74, 6) is 1.43. The number of hydrogen-bond acceptors (Lipinski definition) is 4. The maximum Gasteiger partial charge on any atom is 0.154 e. The summed E-state index contributed by atoms with van der Waals surface area (Å²) in [5.41, 5.74) is 3.54. The molecule has 1 aromatic heterocycles. The fourth-order valence-corrected chi connectivity index (χ4v) is 2.01. The van der Waals surface area contributed by atoms with Crippen molar-refractivity contribution in [2.24, 2.45) is 0 Å². The number of nitrogens with zero attached hydrogens (tertiary/aromatic N) is 2. The van der Waals surface area contributed by atoms with Crippen molar-refractivity contribution in [3.8, 4) is 22.8 Å². The molecule has 2 rings (SSSR count). The molecular weight excluding hydrogens is 264 g/mol. The number of rotatable bonds is 3. The zero-order valence-corrected chi connectivity index (χ0v) is 12.1. The molecule has 19 heavy (non-hydrogen) atoms. The van der Waals surface area contributed by atoms with Gasteiger partial charge in [0.1, 0.15) is 11.5 Å². The van der Waals surface area contributed by atoms with Crippen molar-refractivity contribution >= 4 is 11.6 Å². The molecule has 0 aliphatic heterocycles. The summed E-state index contributed by atoms with van der Waals surface area (Å²) < 4.78 is 10.6. The number of ether oxygens (including phenoxy) is 2. The lowest BCUT2D eigenvalue weighted by atomic mass is 10.0. The van der Waals surface area contributed by atoms with E-state index in [1.54, 1.807) is 14.2 Å². The number of hydrogen-bond donors (Lipinski definition) is 0. The van der Waals surface area contributed by atoms with Gasteiger partial charge in [0.2, 0.25) is 0 Å². The van der Waals surface area contributed by atoms with Crippen LogP contribution >= 0.6 is 11.6 Å². The lowest BCUT2D eigenvalue weighted by Gasteiger charge is -2.12. The van der Waals surface area contributed by atoms with Crippen LogP contribution in [0.4, 0.5) is 0 Å². The van der Waals surface area contributed by atoms with Gasteiger partial charge in [-0.1, -0.05) is 11.6 Å². The number of methoxy groups -OCH3 is 2. The Balaban J connectivity index is 2.62. The van der Waals surface area contributed by atoms with Gasteiger partial charge in [-0.2, -0.15) is 0 Å². The predicted molar refractivity (Wildman–Crippen MR) is 75.1 cm³/mol. The van der Waals surface area contributed by atoms with E-state index in [9.17, 15) is 0 Å². The summed E-state index contributed by atoms with van der Waals surface area (Å²) in [7, 11) is 3.23. The quantitative estimate of drug-likeness (QED) is 0.863. The van der Waals surface area contributed by atoms with Crippen LogP contribution in [0.3, 0.4) is 0 Å². The Hall–Kier alpha value is -1.81. The molecule has 0 atom stereocenters. The van der Waals surface area contributed by atoms with E-state index in [4.69, 9.17) is 21.1 Å². The van der Waals surface area contributed by atoms with Crippen molar-refractivity contribution in [1.82, 2.24) is 10.2 Å². The smallest absolute Gasteiger partial charge is 0.154 e. The molecule has 1 aromatic carbocycles. The van der Waals surface area contributed by atoms with Gasteiger partial charge in [0.15, 0.2) is 5.15 Å². The first kappa shape index (κ1) is 13.6. The van der Waals surface area contributed by atoms with Crippen LogP contribution in [0.25, 0.3) is 11.3 Å². The van der Waals surface area contributed by atoms with Crippen LogP contribution in [0.15, 0.2) is 18.2 Å². The van der Waals surface area contributed by atoms with Crippen molar-refractivity contribution in [3.63, 3.8) is 0 Å². The van der Waals surface area contributed by atoms with E-state index in [0.29, 0.717) is 10.9 Å². The summed E-state index contributed by atoms with van der Waals surface area (Å²) in [6.07, 6.45) is 0. The summed E-state index contributed by atoms with van der Waals surface area (Å²) in [4.78, 5) is 0. The third-order valence-electron chi connectivity index (χ3n) is 3.13. The van der Waals surface area contributed by atoms with E-state index in [-0.39, 0.29) is 0 Å². The molecule has 0 N–H and O–H groups in total. The van der Waals surface area contributed by atoms with Crippen LogP contribution in [-0.2, 0) is 0 Å². The van der Waals surface area contributed by atoms with Crippen molar-refractivity contribution in [1.29, 1.82) is 0 Å². The van der Waals surface area contributed by atoms with Gasteiger partial charge in [-0.15, -0.1) is 10.2 Å². The highest BCUT2D eigenvalue weighted by atomic mass is 35.5. The van der Waals surface area contributed by atoms with Gasteiger partial charge < -0.3 is 9.47 Å². The summed E-state index contributed by atoms with van der Waals surface area (Å²) >= 11 is 5.97. The zero-order valence-electron chi connectivity index (χ0n) is 11.3. The van der Waals surface area contributed by atoms with Crippen molar-refractivity contribution in [2.75, 3.05) is 14.2 Å². The lowest BCUT2D eigenvalue weighted by molar-refractivity contribution is 0.395. The largest absolute Gasteiger partial charge is 0.497 e. The molecule has 0 saturated heterocycles. The minimum Gasteiger partial charge on any atom is -0.497 e. The second-order valence-electron chi connectivity index (χ2n) is 4.16. The predicted octanol–water partition coefficient (Wildman–Crippen LogP) is 3.43. The second-order valence-corrected chi connectivity index (χ2v) is 4.51. The first-order valence-corrected chi connectivity index (χ1v) is 6.18. The second kappa shape index (κ2) is 5.45. The first-order chi connectivity index (χ1) is 9.08. The monoisotopic (exact) mass is 278 g/mol. The maximum atomic E-state index is 5.97. The van der Waals surface area contributed by atoms with E-state index < -0.39 is 0 Å². The molecule has 4 nitrogen and oxygen atoms in total. The van der Waals surface area contributed by atoms with E-state index in [2.05, 4.69) is 10.2 Å². The summed E-state index contributed by atoms with van der Waals surface area (Å²) in [6.45, 7) is 3.89. The van der Waals surface area contributed by atoms with Crippen LogP contribution in [0.5, 0.6) is 11.5 Å². The SMILES string of the molecule is COc1ccc(-c2nnc(Cl)c(C)c2C)c(OC)c1. The van der Waals surface area contributed by atoms with Crippen LogP contribution in [-0.4, -0.2) is 24.4 Å². The van der Waals surface area contributed by atoms with Crippen molar-refractivity contribution < 1.29 is 9.47 Å². The molecule has 0 aliphatic carbocycles. The molecule has 0 saturated carbocycles.